The Balaban J connectivity index is 1.57. The van der Waals surface area contributed by atoms with Crippen LogP contribution in [0.25, 0.3) is 20.4 Å². The van der Waals surface area contributed by atoms with Gasteiger partial charge in [0.2, 0.25) is 12.1 Å². The normalized spacial score (nSPS) is 20.4. The first kappa shape index (κ1) is 17.8. The molecule has 0 saturated carbocycles. The molecule has 0 amide bonds. The zero-order valence-electron chi connectivity index (χ0n) is 16.9. The van der Waals surface area contributed by atoms with Crippen LogP contribution in [0.5, 0.6) is 0 Å². The quantitative estimate of drug-likeness (QED) is 0.648. The molecule has 0 spiro atoms. The summed E-state index contributed by atoms with van der Waals surface area (Å²) in [5.41, 5.74) is 4.17. The first-order chi connectivity index (χ1) is 14.4. The van der Waals surface area contributed by atoms with E-state index in [9.17, 15) is 0 Å². The second kappa shape index (κ2) is 7.36. The standard InChI is InChI=1S/C22H27N5OS/c1-4-8-26(9-5-1)20-16-7-3-2-6-15(16)17-18-19(29-22(17)25-20)21(24-14-23-18)27-10-12-28-13-11-27/h14H,1-13H2/p+1. The fourth-order valence-corrected chi connectivity index (χ4v) is 6.43. The smallest absolute Gasteiger partial charge is 0.242 e. The number of pyridine rings is 1. The topological polar surface area (TPSA) is 55.6 Å². The molecule has 3 aromatic rings. The summed E-state index contributed by atoms with van der Waals surface area (Å²) in [7, 11) is 0. The Bertz CT molecular complexity index is 1050. The molecule has 6 nitrogen and oxygen atoms in total. The molecule has 3 aliphatic rings. The zero-order valence-corrected chi connectivity index (χ0v) is 17.7. The summed E-state index contributed by atoms with van der Waals surface area (Å²) >= 11 is 1.82. The molecule has 2 aliphatic heterocycles. The molecule has 2 fully saturated rings. The summed E-state index contributed by atoms with van der Waals surface area (Å²) in [6, 6.07) is 0. The number of nitrogens with one attached hydrogen (secondary N) is 1. The number of aromatic nitrogens is 3. The van der Waals surface area contributed by atoms with Crippen LogP contribution in [0.2, 0.25) is 0 Å². The molecule has 29 heavy (non-hydrogen) atoms. The van der Waals surface area contributed by atoms with Gasteiger partial charge in [0.25, 0.3) is 0 Å². The summed E-state index contributed by atoms with van der Waals surface area (Å²) < 4.78 is 6.81. The number of aromatic amines is 1. The van der Waals surface area contributed by atoms with Gasteiger partial charge in [0.05, 0.1) is 31.7 Å². The molecule has 0 aromatic carbocycles. The van der Waals surface area contributed by atoms with Gasteiger partial charge in [-0.2, -0.15) is 0 Å². The van der Waals surface area contributed by atoms with E-state index in [0.29, 0.717) is 0 Å². The van der Waals surface area contributed by atoms with Crippen LogP contribution in [0, 0.1) is 0 Å². The van der Waals surface area contributed by atoms with E-state index in [1.807, 2.05) is 17.7 Å². The van der Waals surface area contributed by atoms with Crippen LogP contribution in [0.1, 0.15) is 43.2 Å². The molecule has 0 atom stereocenters. The van der Waals surface area contributed by atoms with Gasteiger partial charge in [-0.05, 0) is 56.1 Å². The van der Waals surface area contributed by atoms with Crippen molar-refractivity contribution in [3.05, 3.63) is 17.5 Å². The van der Waals surface area contributed by atoms with E-state index in [2.05, 4.69) is 14.8 Å². The second-order valence-electron chi connectivity index (χ2n) is 8.46. The SMILES string of the molecule is c1nc2c(sc3nc(N4CCCCC4)c4c(c32)CCCC4)c(N2CCOCC2)[nH+]1. The summed E-state index contributed by atoms with van der Waals surface area (Å²) in [6.07, 6.45) is 10.7. The highest BCUT2D eigenvalue weighted by molar-refractivity contribution is 7.26. The molecular formula is C22H28N5OS+. The van der Waals surface area contributed by atoms with Crippen molar-refractivity contribution in [2.45, 2.75) is 44.9 Å². The van der Waals surface area contributed by atoms with Gasteiger partial charge >= 0.3 is 0 Å². The van der Waals surface area contributed by atoms with E-state index in [0.717, 1.165) is 57.8 Å². The summed E-state index contributed by atoms with van der Waals surface area (Å²) in [4.78, 5) is 19.7. The van der Waals surface area contributed by atoms with Crippen LogP contribution in [-0.2, 0) is 17.6 Å². The van der Waals surface area contributed by atoms with Gasteiger partial charge in [-0.1, -0.05) is 0 Å². The van der Waals surface area contributed by atoms with Gasteiger partial charge in [0.15, 0.2) is 5.52 Å². The minimum absolute atomic E-state index is 0.787. The van der Waals surface area contributed by atoms with Crippen LogP contribution in [-0.4, -0.2) is 49.4 Å². The maximum Gasteiger partial charge on any atom is 0.242 e. The van der Waals surface area contributed by atoms with Gasteiger partial charge in [-0.15, -0.1) is 16.3 Å². The molecule has 7 heteroatoms. The van der Waals surface area contributed by atoms with Crippen molar-refractivity contribution in [3.8, 4) is 0 Å². The second-order valence-corrected chi connectivity index (χ2v) is 9.46. The number of rotatable bonds is 2. The molecule has 152 valence electrons. The van der Waals surface area contributed by atoms with Crippen molar-refractivity contribution >= 4 is 43.4 Å². The number of fused-ring (bicyclic) bond motifs is 5. The molecule has 0 bridgehead atoms. The number of hydrogen-bond acceptors (Lipinski definition) is 6. The number of hydrogen-bond donors (Lipinski definition) is 0. The third-order valence-corrected chi connectivity index (χ3v) is 7.78. The Labute approximate surface area is 174 Å². The lowest BCUT2D eigenvalue weighted by Crippen LogP contribution is -2.39. The van der Waals surface area contributed by atoms with Gasteiger partial charge in [-0.3, -0.25) is 4.90 Å². The predicted molar refractivity (Wildman–Crippen MR) is 117 cm³/mol. The summed E-state index contributed by atoms with van der Waals surface area (Å²) in [5, 5.41) is 1.32. The van der Waals surface area contributed by atoms with Crippen LogP contribution in [0.15, 0.2) is 6.33 Å². The van der Waals surface area contributed by atoms with Crippen molar-refractivity contribution in [2.24, 2.45) is 0 Å². The van der Waals surface area contributed by atoms with Crippen molar-refractivity contribution in [3.63, 3.8) is 0 Å². The van der Waals surface area contributed by atoms with Crippen molar-refractivity contribution in [1.29, 1.82) is 0 Å². The van der Waals surface area contributed by atoms with Gasteiger partial charge in [-0.25, -0.2) is 9.97 Å². The van der Waals surface area contributed by atoms with Crippen LogP contribution >= 0.6 is 11.3 Å². The number of H-pyrrole nitrogens is 1. The first-order valence-electron chi connectivity index (χ1n) is 11.1. The van der Waals surface area contributed by atoms with E-state index in [1.165, 1.54) is 69.8 Å². The highest BCUT2D eigenvalue weighted by atomic mass is 32.1. The van der Waals surface area contributed by atoms with Crippen LogP contribution < -0.4 is 14.8 Å². The Morgan fingerprint density at radius 1 is 0.897 bits per heavy atom. The third-order valence-electron chi connectivity index (χ3n) is 6.70. The van der Waals surface area contributed by atoms with Crippen molar-refractivity contribution < 1.29 is 9.72 Å². The lowest BCUT2D eigenvalue weighted by molar-refractivity contribution is -0.367. The largest absolute Gasteiger partial charge is 0.375 e. The van der Waals surface area contributed by atoms with E-state index in [4.69, 9.17) is 14.7 Å². The highest BCUT2D eigenvalue weighted by Crippen LogP contribution is 2.43. The Hall–Kier alpha value is -1.99. The van der Waals surface area contributed by atoms with Crippen LogP contribution in [0.3, 0.4) is 0 Å². The Morgan fingerprint density at radius 2 is 1.69 bits per heavy atom. The predicted octanol–water partition coefficient (Wildman–Crippen LogP) is 3.36. The average molecular weight is 411 g/mol. The summed E-state index contributed by atoms with van der Waals surface area (Å²) in [6.45, 7) is 5.73. The van der Waals surface area contributed by atoms with Gasteiger partial charge in [0.1, 0.15) is 15.3 Å². The highest BCUT2D eigenvalue weighted by Gasteiger charge is 2.29. The minimum atomic E-state index is 0.787. The van der Waals surface area contributed by atoms with Crippen molar-refractivity contribution in [1.82, 2.24) is 9.97 Å². The molecular weight excluding hydrogens is 382 g/mol. The molecule has 6 rings (SSSR count). The van der Waals surface area contributed by atoms with E-state index in [1.54, 1.807) is 0 Å². The Morgan fingerprint density at radius 3 is 2.52 bits per heavy atom. The van der Waals surface area contributed by atoms with Gasteiger partial charge in [0, 0.05) is 13.1 Å². The molecule has 2 saturated heterocycles. The fraction of sp³-hybridized carbons (Fsp3) is 0.591. The number of thiophene rings is 1. The van der Waals surface area contributed by atoms with Crippen molar-refractivity contribution in [2.75, 3.05) is 49.2 Å². The number of ether oxygens (including phenoxy) is 1. The lowest BCUT2D eigenvalue weighted by atomic mass is 9.89. The number of anilines is 2. The molecule has 1 aliphatic carbocycles. The molecule has 0 radical (unpaired) electrons. The summed E-state index contributed by atoms with van der Waals surface area (Å²) in [5.74, 6) is 2.46. The maximum atomic E-state index is 5.56. The number of morpholine rings is 1. The number of piperidine rings is 1. The number of nitrogens with zero attached hydrogens (tertiary/aromatic N) is 4. The number of aryl methyl sites for hydroxylation is 1. The fourth-order valence-electron chi connectivity index (χ4n) is 5.25. The van der Waals surface area contributed by atoms with Crippen LogP contribution in [0.4, 0.5) is 11.6 Å². The lowest BCUT2D eigenvalue weighted by Gasteiger charge is -2.31. The molecule has 1 N–H and O–H groups in total. The first-order valence-corrected chi connectivity index (χ1v) is 11.9. The zero-order chi connectivity index (χ0) is 19.2. The average Bonchev–Trinajstić information content (AvgIpc) is 3.18. The minimum Gasteiger partial charge on any atom is -0.375 e. The maximum absolute atomic E-state index is 5.56. The molecule has 3 aromatic heterocycles. The molecule has 5 heterocycles. The third kappa shape index (κ3) is 2.97. The Kier molecular flexibility index (Phi) is 4.53. The monoisotopic (exact) mass is 410 g/mol. The van der Waals surface area contributed by atoms with E-state index < -0.39 is 0 Å². The van der Waals surface area contributed by atoms with E-state index in [-0.39, 0.29) is 0 Å². The van der Waals surface area contributed by atoms with E-state index >= 15 is 0 Å². The molecule has 0 unspecified atom stereocenters. The van der Waals surface area contributed by atoms with Gasteiger partial charge < -0.3 is 9.64 Å².